The normalized spacial score (nSPS) is 16.3. The van der Waals surface area contributed by atoms with Crippen LogP contribution in [0.5, 0.6) is 11.5 Å². The Morgan fingerprint density at radius 2 is 2.21 bits per heavy atom. The molecule has 1 heterocycles. The Hall–Kier alpha value is -1.75. The largest absolute Gasteiger partial charge is 0.497 e. The predicted molar refractivity (Wildman–Crippen MR) is 72.5 cm³/mol. The van der Waals surface area contributed by atoms with E-state index in [2.05, 4.69) is 10.6 Å². The summed E-state index contributed by atoms with van der Waals surface area (Å²) in [7, 11) is 1.62. The fraction of sp³-hybridized carbons (Fsp3) is 0.500. The van der Waals surface area contributed by atoms with Gasteiger partial charge in [-0.1, -0.05) is 6.07 Å². The van der Waals surface area contributed by atoms with Gasteiger partial charge in [0.2, 0.25) is 5.91 Å². The summed E-state index contributed by atoms with van der Waals surface area (Å²) in [6.07, 6.45) is -0.0795. The third-order valence-corrected chi connectivity index (χ3v) is 3.09. The first-order chi connectivity index (χ1) is 9.19. The molecule has 2 rings (SSSR count). The minimum Gasteiger partial charge on any atom is -0.497 e. The summed E-state index contributed by atoms with van der Waals surface area (Å²) < 4.78 is 10.9. The van der Waals surface area contributed by atoms with E-state index in [-0.39, 0.29) is 17.9 Å². The summed E-state index contributed by atoms with van der Waals surface area (Å²) in [5.74, 6) is 1.71. The maximum Gasteiger partial charge on any atom is 0.225 e. The maximum absolute atomic E-state index is 11.7. The second kappa shape index (κ2) is 6.43. The highest BCUT2D eigenvalue weighted by Crippen LogP contribution is 2.19. The molecule has 1 saturated heterocycles. The number of carbonyl (C=O) groups excluding carboxylic acids is 1. The van der Waals surface area contributed by atoms with Crippen molar-refractivity contribution in [2.75, 3.05) is 26.7 Å². The molecule has 1 fully saturated rings. The molecule has 1 aliphatic heterocycles. The molecule has 0 bridgehead atoms. The molecule has 1 aromatic rings. The van der Waals surface area contributed by atoms with E-state index in [9.17, 15) is 4.79 Å². The van der Waals surface area contributed by atoms with Gasteiger partial charge in [-0.05, 0) is 19.1 Å². The van der Waals surface area contributed by atoms with E-state index in [1.165, 1.54) is 0 Å². The fourth-order valence-corrected chi connectivity index (χ4v) is 1.81. The van der Waals surface area contributed by atoms with Crippen molar-refractivity contribution >= 4 is 5.91 Å². The lowest BCUT2D eigenvalue weighted by Gasteiger charge is -2.26. The molecule has 1 aliphatic rings. The Labute approximate surface area is 113 Å². The first-order valence-corrected chi connectivity index (χ1v) is 6.48. The monoisotopic (exact) mass is 264 g/mol. The summed E-state index contributed by atoms with van der Waals surface area (Å²) >= 11 is 0. The molecule has 1 atom stereocenters. The van der Waals surface area contributed by atoms with Crippen LogP contribution in [-0.4, -0.2) is 38.8 Å². The van der Waals surface area contributed by atoms with Crippen molar-refractivity contribution in [3.63, 3.8) is 0 Å². The van der Waals surface area contributed by atoms with Crippen molar-refractivity contribution in [1.82, 2.24) is 10.6 Å². The average molecular weight is 264 g/mol. The molecule has 104 valence electrons. The third-order valence-electron chi connectivity index (χ3n) is 3.09. The molecule has 0 aromatic heterocycles. The molecule has 5 nitrogen and oxygen atoms in total. The zero-order valence-corrected chi connectivity index (χ0v) is 11.3. The van der Waals surface area contributed by atoms with Crippen molar-refractivity contribution in [3.8, 4) is 11.5 Å². The number of ether oxygens (including phenoxy) is 2. The van der Waals surface area contributed by atoms with Gasteiger partial charge in [-0.3, -0.25) is 4.79 Å². The summed E-state index contributed by atoms with van der Waals surface area (Å²) in [6, 6.07) is 7.44. The van der Waals surface area contributed by atoms with E-state index in [4.69, 9.17) is 9.47 Å². The summed E-state index contributed by atoms with van der Waals surface area (Å²) in [4.78, 5) is 11.7. The Kier molecular flexibility index (Phi) is 4.63. The first kappa shape index (κ1) is 13.7. The highest BCUT2D eigenvalue weighted by atomic mass is 16.5. The number of hydrogen-bond donors (Lipinski definition) is 2. The molecular formula is C14H20N2O3. The minimum atomic E-state index is -0.0795. The molecule has 0 radical (unpaired) electrons. The molecule has 2 N–H and O–H groups in total. The van der Waals surface area contributed by atoms with Crippen LogP contribution in [0.15, 0.2) is 24.3 Å². The Balaban J connectivity index is 1.76. The molecule has 0 spiro atoms. The molecule has 1 aromatic carbocycles. The molecule has 1 amide bonds. The molecule has 5 heteroatoms. The van der Waals surface area contributed by atoms with Crippen LogP contribution in [0.1, 0.15) is 6.92 Å². The summed E-state index contributed by atoms with van der Waals surface area (Å²) in [6.45, 7) is 3.99. The van der Waals surface area contributed by atoms with Crippen LogP contribution in [-0.2, 0) is 4.79 Å². The standard InChI is InChI=1S/C14H20N2O3/c1-10(7-16-14(17)11-8-15-9-11)19-13-5-3-4-12(6-13)18-2/h3-6,10-11,15H,7-9H2,1-2H3,(H,16,17). The molecular weight excluding hydrogens is 244 g/mol. The maximum atomic E-state index is 11.7. The first-order valence-electron chi connectivity index (χ1n) is 6.48. The van der Waals surface area contributed by atoms with E-state index >= 15 is 0 Å². The minimum absolute atomic E-state index is 0.0795. The van der Waals surface area contributed by atoms with Crippen molar-refractivity contribution in [2.24, 2.45) is 5.92 Å². The SMILES string of the molecule is COc1cccc(OC(C)CNC(=O)C2CNC2)c1. The molecule has 1 unspecified atom stereocenters. The van der Waals surface area contributed by atoms with Gasteiger partial charge in [-0.25, -0.2) is 0 Å². The van der Waals surface area contributed by atoms with Gasteiger partial charge in [0.1, 0.15) is 17.6 Å². The lowest BCUT2D eigenvalue weighted by molar-refractivity contribution is -0.126. The van der Waals surface area contributed by atoms with Crippen LogP contribution < -0.4 is 20.1 Å². The van der Waals surface area contributed by atoms with Gasteiger partial charge in [0.25, 0.3) is 0 Å². The number of nitrogens with one attached hydrogen (secondary N) is 2. The number of benzene rings is 1. The van der Waals surface area contributed by atoms with Crippen molar-refractivity contribution < 1.29 is 14.3 Å². The van der Waals surface area contributed by atoms with Crippen LogP contribution >= 0.6 is 0 Å². The van der Waals surface area contributed by atoms with Gasteiger partial charge >= 0.3 is 0 Å². The van der Waals surface area contributed by atoms with E-state index in [0.717, 1.165) is 24.6 Å². The third kappa shape index (κ3) is 3.86. The molecule has 0 saturated carbocycles. The van der Waals surface area contributed by atoms with Gasteiger partial charge in [0, 0.05) is 19.2 Å². The predicted octanol–water partition coefficient (Wildman–Crippen LogP) is 0.798. The number of amides is 1. The molecule has 19 heavy (non-hydrogen) atoms. The average Bonchev–Trinajstić information content (AvgIpc) is 2.34. The lowest BCUT2D eigenvalue weighted by atomic mass is 10.0. The Bertz CT molecular complexity index is 432. The van der Waals surface area contributed by atoms with E-state index in [1.807, 2.05) is 31.2 Å². The number of methoxy groups -OCH3 is 1. The quantitative estimate of drug-likeness (QED) is 0.798. The van der Waals surface area contributed by atoms with Crippen LogP contribution in [0.3, 0.4) is 0 Å². The van der Waals surface area contributed by atoms with E-state index in [1.54, 1.807) is 7.11 Å². The summed E-state index contributed by atoms with van der Waals surface area (Å²) in [5.41, 5.74) is 0. The Morgan fingerprint density at radius 3 is 2.84 bits per heavy atom. The summed E-state index contributed by atoms with van der Waals surface area (Å²) in [5, 5.41) is 5.97. The number of carbonyl (C=O) groups is 1. The fourth-order valence-electron chi connectivity index (χ4n) is 1.81. The van der Waals surface area contributed by atoms with E-state index in [0.29, 0.717) is 6.54 Å². The van der Waals surface area contributed by atoms with Crippen molar-refractivity contribution in [2.45, 2.75) is 13.0 Å². The topological polar surface area (TPSA) is 59.6 Å². The Morgan fingerprint density at radius 1 is 1.47 bits per heavy atom. The zero-order chi connectivity index (χ0) is 13.7. The van der Waals surface area contributed by atoms with Gasteiger partial charge in [-0.15, -0.1) is 0 Å². The van der Waals surface area contributed by atoms with Crippen molar-refractivity contribution in [1.29, 1.82) is 0 Å². The lowest BCUT2D eigenvalue weighted by Crippen LogP contribution is -2.51. The highest BCUT2D eigenvalue weighted by molar-refractivity contribution is 5.80. The zero-order valence-electron chi connectivity index (χ0n) is 11.3. The van der Waals surface area contributed by atoms with Crippen molar-refractivity contribution in [3.05, 3.63) is 24.3 Å². The van der Waals surface area contributed by atoms with Crippen LogP contribution in [0.4, 0.5) is 0 Å². The number of hydrogen-bond acceptors (Lipinski definition) is 4. The molecule has 0 aliphatic carbocycles. The van der Waals surface area contributed by atoms with Gasteiger partial charge < -0.3 is 20.1 Å². The second-order valence-electron chi connectivity index (χ2n) is 4.71. The van der Waals surface area contributed by atoms with Crippen LogP contribution in [0.2, 0.25) is 0 Å². The number of rotatable bonds is 6. The highest BCUT2D eigenvalue weighted by Gasteiger charge is 2.24. The van der Waals surface area contributed by atoms with Gasteiger partial charge in [-0.2, -0.15) is 0 Å². The van der Waals surface area contributed by atoms with Gasteiger partial charge in [0.05, 0.1) is 19.6 Å². The van der Waals surface area contributed by atoms with Crippen LogP contribution in [0.25, 0.3) is 0 Å². The van der Waals surface area contributed by atoms with E-state index < -0.39 is 0 Å². The smallest absolute Gasteiger partial charge is 0.225 e. The van der Waals surface area contributed by atoms with Gasteiger partial charge in [0.15, 0.2) is 0 Å². The van der Waals surface area contributed by atoms with Crippen LogP contribution in [0, 0.1) is 5.92 Å². The second-order valence-corrected chi connectivity index (χ2v) is 4.71.